The topological polar surface area (TPSA) is 129 Å². The summed E-state index contributed by atoms with van der Waals surface area (Å²) in [6, 6.07) is 3.43. The number of rotatable bonds is 12. The van der Waals surface area contributed by atoms with Gasteiger partial charge in [-0.05, 0) is 79.9 Å². The van der Waals surface area contributed by atoms with Gasteiger partial charge in [-0.3, -0.25) is 4.79 Å². The Labute approximate surface area is 283 Å². The third kappa shape index (κ3) is 7.15. The lowest BCUT2D eigenvalue weighted by atomic mass is 9.83. The van der Waals surface area contributed by atoms with E-state index in [2.05, 4.69) is 28.4 Å². The van der Waals surface area contributed by atoms with Crippen LogP contribution < -0.4 is 14.8 Å². The number of ether oxygens (including phenoxy) is 4. The number of fused-ring (bicyclic) bond motifs is 3. The normalized spacial score (nSPS) is 27.0. The minimum atomic E-state index is -0.974. The molecule has 0 spiro atoms. The quantitative estimate of drug-likeness (QED) is 0.166. The van der Waals surface area contributed by atoms with Crippen molar-refractivity contribution in [1.82, 2.24) is 20.2 Å². The number of allylic oxidation sites excluding steroid dienone is 1. The molecule has 2 amide bonds. The number of methoxy groups -OCH3 is 2. The molecule has 1 aliphatic heterocycles. The average Bonchev–Trinajstić information content (AvgIpc) is 3.76. The maximum absolute atomic E-state index is 14.4. The molecule has 2 saturated carbocycles. The van der Waals surface area contributed by atoms with Gasteiger partial charge >= 0.3 is 12.1 Å². The van der Waals surface area contributed by atoms with Crippen LogP contribution >= 0.6 is 0 Å². The number of amides is 2. The summed E-state index contributed by atoms with van der Waals surface area (Å²) < 4.78 is 23.0. The number of likely N-dealkylation sites (tertiary alicyclic amines) is 1. The lowest BCUT2D eigenvalue weighted by molar-refractivity contribution is -0.153. The molecule has 1 N–H and O–H groups in total. The molecule has 11 heteroatoms. The lowest BCUT2D eigenvalue weighted by Crippen LogP contribution is -2.57. The number of esters is 1. The zero-order valence-corrected chi connectivity index (χ0v) is 29.1. The Morgan fingerprint density at radius 1 is 1.10 bits per heavy atom. The second-order valence-corrected chi connectivity index (χ2v) is 14.5. The van der Waals surface area contributed by atoms with Gasteiger partial charge in [0.25, 0.3) is 0 Å². The summed E-state index contributed by atoms with van der Waals surface area (Å²) in [5, 5.41) is 2.90. The molecule has 0 radical (unpaired) electrons. The molecule has 3 aliphatic rings. The van der Waals surface area contributed by atoms with E-state index in [4.69, 9.17) is 18.9 Å². The van der Waals surface area contributed by atoms with E-state index >= 15 is 0 Å². The molecule has 2 unspecified atom stereocenters. The SMILES string of the molecule is C=CCCC[C@@H]1C2CCC(C2)[C@H]1OC(=O)N[C@H](C(=O)N1C[C@H](Oc2nc3cc(OC)ccc3nc2C=C)[C@@H](C)[C@H]1C(=O)OC)C(C)(C)C. The Morgan fingerprint density at radius 3 is 2.52 bits per heavy atom. The van der Waals surface area contributed by atoms with E-state index in [1.807, 2.05) is 33.8 Å². The van der Waals surface area contributed by atoms with Gasteiger partial charge in [-0.25, -0.2) is 19.6 Å². The van der Waals surface area contributed by atoms with Crippen molar-refractivity contribution in [3.8, 4) is 11.6 Å². The van der Waals surface area contributed by atoms with Crippen LogP contribution in [0.2, 0.25) is 0 Å². The first kappa shape index (κ1) is 35.2. The fourth-order valence-electron chi connectivity index (χ4n) is 7.85. The number of hydrogen-bond donors (Lipinski definition) is 1. The van der Waals surface area contributed by atoms with E-state index in [1.165, 1.54) is 18.4 Å². The van der Waals surface area contributed by atoms with Crippen molar-refractivity contribution in [3.05, 3.63) is 43.1 Å². The average molecular weight is 663 g/mol. The number of nitrogens with zero attached hydrogens (tertiary/aromatic N) is 3. The van der Waals surface area contributed by atoms with Gasteiger partial charge in [-0.2, -0.15) is 0 Å². The van der Waals surface area contributed by atoms with Crippen molar-refractivity contribution in [2.24, 2.45) is 29.1 Å². The van der Waals surface area contributed by atoms with Crippen LogP contribution in [0.25, 0.3) is 17.1 Å². The van der Waals surface area contributed by atoms with Crippen molar-refractivity contribution in [3.63, 3.8) is 0 Å². The molecule has 260 valence electrons. The van der Waals surface area contributed by atoms with Gasteiger partial charge in [0.15, 0.2) is 0 Å². The van der Waals surface area contributed by atoms with Crippen LogP contribution in [0.3, 0.4) is 0 Å². The number of nitrogens with one attached hydrogen (secondary N) is 1. The fourth-order valence-corrected chi connectivity index (χ4v) is 7.85. The predicted octanol–water partition coefficient (Wildman–Crippen LogP) is 5.96. The number of unbranched alkanes of at least 4 members (excludes halogenated alkanes) is 1. The van der Waals surface area contributed by atoms with Crippen molar-refractivity contribution in [1.29, 1.82) is 0 Å². The van der Waals surface area contributed by atoms with E-state index in [9.17, 15) is 14.4 Å². The maximum Gasteiger partial charge on any atom is 0.408 e. The number of alkyl carbamates (subject to hydrolysis) is 1. The molecule has 3 fully saturated rings. The third-order valence-corrected chi connectivity index (χ3v) is 10.4. The predicted molar refractivity (Wildman–Crippen MR) is 182 cm³/mol. The minimum absolute atomic E-state index is 0.0647. The Morgan fingerprint density at radius 2 is 1.85 bits per heavy atom. The van der Waals surface area contributed by atoms with Crippen LogP contribution in [0.1, 0.15) is 71.9 Å². The number of benzene rings is 1. The first-order valence-electron chi connectivity index (χ1n) is 17.0. The van der Waals surface area contributed by atoms with Crippen molar-refractivity contribution in [2.75, 3.05) is 20.8 Å². The van der Waals surface area contributed by atoms with Crippen LogP contribution in [0.5, 0.6) is 11.6 Å². The molecule has 1 aromatic heterocycles. The molecule has 2 aromatic rings. The fraction of sp³-hybridized carbons (Fsp3) is 0.595. The summed E-state index contributed by atoms with van der Waals surface area (Å²) in [5.74, 6) is 0.619. The number of carbonyl (C=O) groups is 3. The minimum Gasteiger partial charge on any atom is -0.497 e. The highest BCUT2D eigenvalue weighted by molar-refractivity contribution is 5.91. The maximum atomic E-state index is 14.4. The molecule has 5 rings (SSSR count). The van der Waals surface area contributed by atoms with Crippen LogP contribution in [0.4, 0.5) is 4.79 Å². The van der Waals surface area contributed by atoms with E-state index in [1.54, 1.807) is 31.4 Å². The molecule has 2 heterocycles. The summed E-state index contributed by atoms with van der Waals surface area (Å²) in [6.45, 7) is 15.2. The lowest BCUT2D eigenvalue weighted by Gasteiger charge is -2.36. The second kappa shape index (κ2) is 14.5. The molecule has 2 bridgehead atoms. The summed E-state index contributed by atoms with van der Waals surface area (Å²) in [7, 11) is 2.87. The van der Waals surface area contributed by atoms with Crippen LogP contribution in [-0.2, 0) is 19.1 Å². The Hall–Kier alpha value is -4.15. The van der Waals surface area contributed by atoms with Crippen LogP contribution in [0.15, 0.2) is 37.4 Å². The van der Waals surface area contributed by atoms with Gasteiger partial charge < -0.3 is 29.2 Å². The Kier molecular flexibility index (Phi) is 10.7. The summed E-state index contributed by atoms with van der Waals surface area (Å²) in [5.41, 5.74) is 0.934. The van der Waals surface area contributed by atoms with Crippen molar-refractivity contribution < 1.29 is 33.3 Å². The molecule has 8 atom stereocenters. The monoisotopic (exact) mass is 662 g/mol. The molecule has 48 heavy (non-hydrogen) atoms. The van der Waals surface area contributed by atoms with Crippen molar-refractivity contribution >= 4 is 35.1 Å². The highest BCUT2D eigenvalue weighted by atomic mass is 16.6. The van der Waals surface area contributed by atoms with Gasteiger partial charge in [-0.1, -0.05) is 40.3 Å². The number of aromatic nitrogens is 2. The summed E-state index contributed by atoms with van der Waals surface area (Å²) in [4.78, 5) is 51.9. The van der Waals surface area contributed by atoms with Gasteiger partial charge in [-0.15, -0.1) is 6.58 Å². The first-order chi connectivity index (χ1) is 22.9. The smallest absolute Gasteiger partial charge is 0.408 e. The largest absolute Gasteiger partial charge is 0.497 e. The molecular weight excluding hydrogens is 612 g/mol. The van der Waals surface area contributed by atoms with Crippen molar-refractivity contribution in [2.45, 2.75) is 90.5 Å². The summed E-state index contributed by atoms with van der Waals surface area (Å²) >= 11 is 0. The zero-order chi connectivity index (χ0) is 34.7. The number of carbonyl (C=O) groups excluding carboxylic acids is 3. The van der Waals surface area contributed by atoms with Gasteiger partial charge in [0.1, 0.15) is 35.7 Å². The molecule has 11 nitrogen and oxygen atoms in total. The van der Waals surface area contributed by atoms with Crippen LogP contribution in [0, 0.1) is 29.1 Å². The highest BCUT2D eigenvalue weighted by Gasteiger charge is 2.52. The zero-order valence-electron chi connectivity index (χ0n) is 29.1. The van der Waals surface area contributed by atoms with E-state index in [0.717, 1.165) is 32.1 Å². The molecule has 1 aromatic carbocycles. The summed E-state index contributed by atoms with van der Waals surface area (Å²) in [6.07, 6.45) is 8.32. The third-order valence-electron chi connectivity index (χ3n) is 10.4. The van der Waals surface area contributed by atoms with E-state index in [0.29, 0.717) is 40.2 Å². The second-order valence-electron chi connectivity index (χ2n) is 14.5. The number of hydrogen-bond acceptors (Lipinski definition) is 9. The van der Waals surface area contributed by atoms with Gasteiger partial charge in [0, 0.05) is 12.0 Å². The van der Waals surface area contributed by atoms with Crippen LogP contribution in [-0.4, -0.2) is 77.9 Å². The van der Waals surface area contributed by atoms with E-state index in [-0.39, 0.29) is 18.5 Å². The Bertz CT molecular complexity index is 1540. The molecule has 2 aliphatic carbocycles. The van der Waals surface area contributed by atoms with E-state index < -0.39 is 47.5 Å². The van der Waals surface area contributed by atoms with Gasteiger partial charge in [0.2, 0.25) is 11.8 Å². The Balaban J connectivity index is 1.36. The highest BCUT2D eigenvalue weighted by Crippen LogP contribution is 2.51. The first-order valence-corrected chi connectivity index (χ1v) is 17.0. The molecular formula is C37H50N4O7. The molecule has 1 saturated heterocycles. The van der Waals surface area contributed by atoms with Gasteiger partial charge in [0.05, 0.1) is 31.8 Å². The standard InChI is InChI=1S/C37H50N4O7/c1-9-11-12-13-25-22-14-15-23(18-22)31(25)48-36(44)40-32(37(4,5)6)34(42)41-20-29(21(3)30(41)35(43)46-8)47-33-26(10-2)38-27-17-16-24(45-7)19-28(27)39-33/h9-10,16-17,19,21-23,25,29-32H,1-2,11-15,18,20H2,3-8H3,(H,40,44)/t21-,22?,23?,25-,29+,30+,31-,32-/m1/s1.